The lowest BCUT2D eigenvalue weighted by atomic mass is 10.1. The van der Waals surface area contributed by atoms with Crippen LogP contribution in [0.4, 0.5) is 0 Å². The minimum absolute atomic E-state index is 0.531. The number of hydrogen-bond donors (Lipinski definition) is 0. The second-order valence-electron chi connectivity index (χ2n) is 7.02. The number of aryl methyl sites for hydroxylation is 1. The van der Waals surface area contributed by atoms with E-state index in [1.165, 1.54) is 25.7 Å². The van der Waals surface area contributed by atoms with Crippen molar-refractivity contribution in [3.05, 3.63) is 36.0 Å². The normalized spacial score (nSPS) is 19.5. The second kappa shape index (κ2) is 8.06. The molecule has 2 aromatic rings. The van der Waals surface area contributed by atoms with Crippen LogP contribution in [0.2, 0.25) is 0 Å². The lowest BCUT2D eigenvalue weighted by molar-refractivity contribution is 0.0374. The molecular weight excluding hydrogens is 314 g/mol. The van der Waals surface area contributed by atoms with Crippen LogP contribution in [0.25, 0.3) is 5.82 Å². The Morgan fingerprint density at radius 3 is 2.72 bits per heavy atom. The summed E-state index contributed by atoms with van der Waals surface area (Å²) in [6, 6.07) is 5.96. The van der Waals surface area contributed by atoms with Gasteiger partial charge in [0.05, 0.1) is 13.2 Å². The van der Waals surface area contributed by atoms with Crippen LogP contribution in [0, 0.1) is 0 Å². The fourth-order valence-corrected chi connectivity index (χ4v) is 3.83. The standard InChI is InChI=1S/C19H27N5O/c1-2-7-16(6-1)19-21-18(9-5-11-23-12-14-25-15-13-23)24(22-19)17-8-3-4-10-20-17/h3-4,8,10,16H,1-2,5-7,9,11-15H2. The van der Waals surface area contributed by atoms with Crippen molar-refractivity contribution in [2.75, 3.05) is 32.8 Å². The first-order valence-electron chi connectivity index (χ1n) is 9.57. The van der Waals surface area contributed by atoms with Gasteiger partial charge in [-0.25, -0.2) is 9.97 Å². The van der Waals surface area contributed by atoms with E-state index < -0.39 is 0 Å². The topological polar surface area (TPSA) is 56.1 Å². The molecule has 6 nitrogen and oxygen atoms in total. The zero-order chi connectivity index (χ0) is 16.9. The summed E-state index contributed by atoms with van der Waals surface area (Å²) >= 11 is 0. The summed E-state index contributed by atoms with van der Waals surface area (Å²) in [5.74, 6) is 3.47. The molecule has 2 fully saturated rings. The van der Waals surface area contributed by atoms with Crippen LogP contribution in [0.1, 0.15) is 49.7 Å². The molecule has 1 saturated heterocycles. The van der Waals surface area contributed by atoms with Gasteiger partial charge < -0.3 is 4.74 Å². The maximum atomic E-state index is 5.43. The Morgan fingerprint density at radius 1 is 1.12 bits per heavy atom. The van der Waals surface area contributed by atoms with Gasteiger partial charge in [0.25, 0.3) is 0 Å². The molecule has 0 unspecified atom stereocenters. The summed E-state index contributed by atoms with van der Waals surface area (Å²) in [5, 5.41) is 4.84. The molecule has 0 radical (unpaired) electrons. The Bertz CT molecular complexity index is 660. The number of rotatable bonds is 6. The minimum atomic E-state index is 0.531. The zero-order valence-corrected chi connectivity index (χ0v) is 14.8. The van der Waals surface area contributed by atoms with Crippen molar-refractivity contribution in [3.8, 4) is 5.82 Å². The summed E-state index contributed by atoms with van der Waals surface area (Å²) in [7, 11) is 0. The first kappa shape index (κ1) is 16.7. The molecule has 6 heteroatoms. The molecule has 134 valence electrons. The molecule has 0 bridgehead atoms. The van der Waals surface area contributed by atoms with Gasteiger partial charge in [-0.15, -0.1) is 5.10 Å². The first-order valence-corrected chi connectivity index (χ1v) is 9.57. The van der Waals surface area contributed by atoms with Crippen LogP contribution in [-0.4, -0.2) is 57.5 Å². The van der Waals surface area contributed by atoms with E-state index >= 15 is 0 Å². The molecule has 0 N–H and O–H groups in total. The van der Waals surface area contributed by atoms with E-state index in [1.54, 1.807) is 0 Å². The zero-order valence-electron chi connectivity index (χ0n) is 14.8. The van der Waals surface area contributed by atoms with Gasteiger partial charge >= 0.3 is 0 Å². The van der Waals surface area contributed by atoms with Crippen molar-refractivity contribution in [2.45, 2.75) is 44.4 Å². The molecule has 1 aliphatic heterocycles. The Labute approximate surface area is 149 Å². The van der Waals surface area contributed by atoms with E-state index in [4.69, 9.17) is 14.8 Å². The van der Waals surface area contributed by atoms with E-state index in [2.05, 4.69) is 9.88 Å². The minimum Gasteiger partial charge on any atom is -0.379 e. The molecule has 0 amide bonds. The second-order valence-corrected chi connectivity index (χ2v) is 7.02. The molecular formula is C19H27N5O. The average molecular weight is 341 g/mol. The van der Waals surface area contributed by atoms with Crippen molar-refractivity contribution >= 4 is 0 Å². The third-order valence-electron chi connectivity index (χ3n) is 5.26. The van der Waals surface area contributed by atoms with Gasteiger partial charge in [0.1, 0.15) is 5.82 Å². The summed E-state index contributed by atoms with van der Waals surface area (Å²) in [5.41, 5.74) is 0. The van der Waals surface area contributed by atoms with Gasteiger partial charge in [-0.3, -0.25) is 4.90 Å². The third kappa shape index (κ3) is 4.07. The molecule has 4 rings (SSSR count). The van der Waals surface area contributed by atoms with Crippen molar-refractivity contribution in [1.29, 1.82) is 0 Å². The van der Waals surface area contributed by atoms with Gasteiger partial charge in [0, 0.05) is 31.6 Å². The van der Waals surface area contributed by atoms with E-state index in [0.29, 0.717) is 5.92 Å². The predicted molar refractivity (Wildman–Crippen MR) is 95.9 cm³/mol. The smallest absolute Gasteiger partial charge is 0.155 e. The number of aromatic nitrogens is 4. The molecule has 0 aromatic carbocycles. The Hall–Kier alpha value is -1.79. The fourth-order valence-electron chi connectivity index (χ4n) is 3.83. The highest BCUT2D eigenvalue weighted by Gasteiger charge is 2.23. The predicted octanol–water partition coefficient (Wildman–Crippen LogP) is 2.58. The summed E-state index contributed by atoms with van der Waals surface area (Å²) in [6.07, 6.45) is 8.90. The highest BCUT2D eigenvalue weighted by atomic mass is 16.5. The van der Waals surface area contributed by atoms with Crippen LogP contribution in [0.3, 0.4) is 0 Å². The lowest BCUT2D eigenvalue weighted by Crippen LogP contribution is -2.37. The Morgan fingerprint density at radius 2 is 1.96 bits per heavy atom. The quantitative estimate of drug-likeness (QED) is 0.808. The van der Waals surface area contributed by atoms with Crippen LogP contribution in [0.15, 0.2) is 24.4 Å². The maximum absolute atomic E-state index is 5.43. The molecule has 1 aliphatic carbocycles. The monoisotopic (exact) mass is 341 g/mol. The number of hydrogen-bond acceptors (Lipinski definition) is 5. The Balaban J connectivity index is 1.48. The van der Waals surface area contributed by atoms with Gasteiger partial charge in [-0.1, -0.05) is 18.9 Å². The van der Waals surface area contributed by atoms with Gasteiger partial charge in [0.15, 0.2) is 11.6 Å². The van der Waals surface area contributed by atoms with Gasteiger partial charge in [0.2, 0.25) is 0 Å². The Kier molecular flexibility index (Phi) is 5.37. The van der Waals surface area contributed by atoms with E-state index in [0.717, 1.165) is 63.2 Å². The average Bonchev–Trinajstić information content (AvgIpc) is 3.33. The van der Waals surface area contributed by atoms with Crippen LogP contribution >= 0.6 is 0 Å². The largest absolute Gasteiger partial charge is 0.379 e. The molecule has 2 aliphatic rings. The number of morpholine rings is 1. The summed E-state index contributed by atoms with van der Waals surface area (Å²) < 4.78 is 7.39. The first-order chi connectivity index (χ1) is 12.4. The molecule has 0 atom stereocenters. The lowest BCUT2D eigenvalue weighted by Gasteiger charge is -2.26. The highest BCUT2D eigenvalue weighted by Crippen LogP contribution is 2.32. The summed E-state index contributed by atoms with van der Waals surface area (Å²) in [4.78, 5) is 11.9. The van der Waals surface area contributed by atoms with Crippen LogP contribution in [-0.2, 0) is 11.2 Å². The van der Waals surface area contributed by atoms with Crippen LogP contribution < -0.4 is 0 Å². The molecule has 1 saturated carbocycles. The van der Waals surface area contributed by atoms with Crippen molar-refractivity contribution in [1.82, 2.24) is 24.6 Å². The molecule has 3 heterocycles. The van der Waals surface area contributed by atoms with Gasteiger partial charge in [-0.2, -0.15) is 4.68 Å². The fraction of sp³-hybridized carbons (Fsp3) is 0.632. The van der Waals surface area contributed by atoms with E-state index in [1.807, 2.05) is 29.1 Å². The SMILES string of the molecule is c1ccc(-n2nc(C3CCCC3)nc2CCCN2CCOCC2)nc1. The van der Waals surface area contributed by atoms with Gasteiger partial charge in [-0.05, 0) is 37.9 Å². The number of nitrogens with zero attached hydrogens (tertiary/aromatic N) is 5. The van der Waals surface area contributed by atoms with Crippen molar-refractivity contribution < 1.29 is 4.74 Å². The molecule has 25 heavy (non-hydrogen) atoms. The highest BCUT2D eigenvalue weighted by molar-refractivity contribution is 5.22. The number of pyridine rings is 1. The van der Waals surface area contributed by atoms with Crippen molar-refractivity contribution in [2.24, 2.45) is 0 Å². The molecule has 0 spiro atoms. The molecule has 2 aromatic heterocycles. The van der Waals surface area contributed by atoms with E-state index in [-0.39, 0.29) is 0 Å². The van der Waals surface area contributed by atoms with Crippen LogP contribution in [0.5, 0.6) is 0 Å². The maximum Gasteiger partial charge on any atom is 0.155 e. The van der Waals surface area contributed by atoms with E-state index in [9.17, 15) is 0 Å². The third-order valence-corrected chi connectivity index (χ3v) is 5.26. The summed E-state index contributed by atoms with van der Waals surface area (Å²) in [6.45, 7) is 4.89. The van der Waals surface area contributed by atoms with Crippen molar-refractivity contribution in [3.63, 3.8) is 0 Å². The number of ether oxygens (including phenoxy) is 1.